The van der Waals surface area contributed by atoms with Gasteiger partial charge in [-0.15, -0.1) is 0 Å². The van der Waals surface area contributed by atoms with E-state index in [9.17, 15) is 39.0 Å². The summed E-state index contributed by atoms with van der Waals surface area (Å²) < 4.78 is 0. The molecular formula is C33H61N5O9. The van der Waals surface area contributed by atoms with Gasteiger partial charge in [-0.1, -0.05) is 69.2 Å². The van der Waals surface area contributed by atoms with E-state index in [1.54, 1.807) is 41.5 Å². The third-order valence-electron chi connectivity index (χ3n) is 7.60. The van der Waals surface area contributed by atoms with Crippen LogP contribution in [0.2, 0.25) is 0 Å². The average Bonchev–Trinajstić information content (AvgIpc) is 2.91. The third kappa shape index (κ3) is 16.9. The fraction of sp³-hybridized carbons (Fsp3) is 0.818. The summed E-state index contributed by atoms with van der Waals surface area (Å²) in [4.78, 5) is 75.7. The molecule has 0 unspecified atom stereocenters. The molecule has 0 radical (unpaired) electrons. The van der Waals surface area contributed by atoms with Gasteiger partial charge in [-0.2, -0.15) is 0 Å². The summed E-state index contributed by atoms with van der Waals surface area (Å²) in [6.07, 6.45) is -3.02. The first-order valence-electron chi connectivity index (χ1n) is 16.7. The Labute approximate surface area is 280 Å². The summed E-state index contributed by atoms with van der Waals surface area (Å²) >= 11 is 0. The first-order valence-corrected chi connectivity index (χ1v) is 16.7. The molecule has 0 rings (SSSR count). The molecule has 8 N–H and O–H groups in total. The van der Waals surface area contributed by atoms with Crippen molar-refractivity contribution in [2.45, 2.75) is 144 Å². The molecule has 0 spiro atoms. The lowest BCUT2D eigenvalue weighted by Crippen LogP contribution is -2.59. The topological polar surface area (TPSA) is 223 Å². The molecule has 7 atom stereocenters. The van der Waals surface area contributed by atoms with E-state index in [0.29, 0.717) is 12.8 Å². The van der Waals surface area contributed by atoms with Crippen LogP contribution in [0.4, 0.5) is 0 Å². The van der Waals surface area contributed by atoms with Gasteiger partial charge in [-0.3, -0.25) is 28.8 Å². The first-order chi connectivity index (χ1) is 21.6. The summed E-state index contributed by atoms with van der Waals surface area (Å²) in [6.45, 7) is 19.4. The van der Waals surface area contributed by atoms with Crippen LogP contribution in [-0.4, -0.2) is 93.2 Å². The van der Waals surface area contributed by atoms with Crippen LogP contribution in [0.25, 0.3) is 0 Å². The van der Waals surface area contributed by atoms with Crippen molar-refractivity contribution in [1.82, 2.24) is 26.6 Å². The van der Waals surface area contributed by atoms with Crippen LogP contribution >= 0.6 is 0 Å². The number of aliphatic hydroxyl groups is 2. The standard InChI is InChI=1S/C33H61N5O9/c1-16(2)12-22(36-32(46)28(18(5)6)38-33(47)29(19(7)8)37-30(44)20(9)10)24(39)14-26(41)34-21(11)31(45)35-23(13-17(3)4)25(40)15-27(42)43/h16-25,28-29,39-40H,12-15H2,1-11H3,(H,34,41)(H,35,45)(H,36,46)(H,37,44)(H,38,47)(H,42,43)/t21-,22-,23-,24+,25-,28-,29+/m1/s1. The van der Waals surface area contributed by atoms with Gasteiger partial charge in [0.25, 0.3) is 0 Å². The van der Waals surface area contributed by atoms with Crippen molar-refractivity contribution in [3.63, 3.8) is 0 Å². The monoisotopic (exact) mass is 671 g/mol. The molecular weight excluding hydrogens is 610 g/mol. The maximum absolute atomic E-state index is 13.5. The second-order valence-corrected chi connectivity index (χ2v) is 14.3. The van der Waals surface area contributed by atoms with Gasteiger partial charge < -0.3 is 41.9 Å². The van der Waals surface area contributed by atoms with Crippen molar-refractivity contribution in [3.8, 4) is 0 Å². The number of carboxylic acid groups (broad SMARTS) is 1. The predicted molar refractivity (Wildman–Crippen MR) is 178 cm³/mol. The van der Waals surface area contributed by atoms with Gasteiger partial charge >= 0.3 is 5.97 Å². The average molecular weight is 672 g/mol. The Morgan fingerprint density at radius 2 is 0.894 bits per heavy atom. The molecule has 0 saturated heterocycles. The van der Waals surface area contributed by atoms with E-state index in [1.807, 2.05) is 27.7 Å². The van der Waals surface area contributed by atoms with Gasteiger partial charge in [0.05, 0.1) is 37.1 Å². The van der Waals surface area contributed by atoms with Crippen molar-refractivity contribution in [2.24, 2.45) is 29.6 Å². The smallest absolute Gasteiger partial charge is 0.306 e. The van der Waals surface area contributed by atoms with Crippen LogP contribution < -0.4 is 26.6 Å². The van der Waals surface area contributed by atoms with Gasteiger partial charge in [0.1, 0.15) is 18.1 Å². The summed E-state index contributed by atoms with van der Waals surface area (Å²) in [7, 11) is 0. The van der Waals surface area contributed by atoms with E-state index in [1.165, 1.54) is 6.92 Å². The molecule has 0 heterocycles. The molecule has 0 bridgehead atoms. The number of carboxylic acids is 1. The number of aliphatic carboxylic acids is 1. The molecule has 47 heavy (non-hydrogen) atoms. The Hall–Kier alpha value is -3.26. The molecule has 14 nitrogen and oxygen atoms in total. The zero-order valence-corrected chi connectivity index (χ0v) is 30.0. The van der Waals surface area contributed by atoms with E-state index in [0.717, 1.165) is 0 Å². The van der Waals surface area contributed by atoms with Crippen LogP contribution in [0, 0.1) is 29.6 Å². The number of rotatable bonds is 21. The zero-order chi connectivity index (χ0) is 36.8. The lowest BCUT2D eigenvalue weighted by Gasteiger charge is -2.31. The number of amides is 5. The van der Waals surface area contributed by atoms with Gasteiger partial charge in [0.15, 0.2) is 0 Å². The second kappa shape index (κ2) is 20.9. The highest BCUT2D eigenvalue weighted by atomic mass is 16.4. The van der Waals surface area contributed by atoms with Gasteiger partial charge in [0, 0.05) is 5.92 Å². The normalized spacial score (nSPS) is 16.2. The highest BCUT2D eigenvalue weighted by molar-refractivity contribution is 5.93. The number of carbonyl (C=O) groups excluding carboxylic acids is 5. The Bertz CT molecular complexity index is 1050. The molecule has 0 aliphatic carbocycles. The Balaban J connectivity index is 5.60. The van der Waals surface area contributed by atoms with E-state index in [4.69, 9.17) is 5.11 Å². The summed E-state index contributed by atoms with van der Waals surface area (Å²) in [5, 5.41) is 43.8. The second-order valence-electron chi connectivity index (χ2n) is 14.3. The lowest BCUT2D eigenvalue weighted by atomic mass is 9.95. The molecule has 0 saturated carbocycles. The fourth-order valence-electron chi connectivity index (χ4n) is 4.87. The van der Waals surface area contributed by atoms with Crippen molar-refractivity contribution in [1.29, 1.82) is 0 Å². The minimum atomic E-state index is -1.33. The molecule has 5 amide bonds. The first kappa shape index (κ1) is 43.7. The van der Waals surface area contributed by atoms with Gasteiger partial charge in [-0.05, 0) is 43.4 Å². The van der Waals surface area contributed by atoms with Crippen molar-refractivity contribution >= 4 is 35.5 Å². The Morgan fingerprint density at radius 1 is 0.511 bits per heavy atom. The van der Waals surface area contributed by atoms with Gasteiger partial charge in [-0.25, -0.2) is 0 Å². The summed E-state index contributed by atoms with van der Waals surface area (Å²) in [5.41, 5.74) is 0. The van der Waals surface area contributed by atoms with Gasteiger partial charge in [0.2, 0.25) is 29.5 Å². The van der Waals surface area contributed by atoms with Crippen LogP contribution in [0.1, 0.15) is 102 Å². The zero-order valence-electron chi connectivity index (χ0n) is 30.0. The van der Waals surface area contributed by atoms with E-state index in [2.05, 4.69) is 26.6 Å². The molecule has 0 aliphatic heterocycles. The van der Waals surface area contributed by atoms with Crippen molar-refractivity contribution in [2.75, 3.05) is 0 Å². The predicted octanol–water partition coefficient (Wildman–Crippen LogP) is 1.08. The lowest BCUT2D eigenvalue weighted by molar-refractivity contribution is -0.140. The number of hydrogen-bond donors (Lipinski definition) is 8. The van der Waals surface area contributed by atoms with Crippen molar-refractivity contribution in [3.05, 3.63) is 0 Å². The third-order valence-corrected chi connectivity index (χ3v) is 7.60. The highest BCUT2D eigenvalue weighted by Gasteiger charge is 2.34. The van der Waals surface area contributed by atoms with Crippen LogP contribution in [0.15, 0.2) is 0 Å². The Morgan fingerprint density at radius 3 is 1.28 bits per heavy atom. The minimum Gasteiger partial charge on any atom is -0.481 e. The van der Waals surface area contributed by atoms with E-state index < -0.39 is 84.9 Å². The molecule has 0 aromatic rings. The van der Waals surface area contributed by atoms with E-state index >= 15 is 0 Å². The summed E-state index contributed by atoms with van der Waals surface area (Å²) in [5.74, 6) is -4.73. The number of hydrogen-bond acceptors (Lipinski definition) is 8. The molecule has 0 aliphatic rings. The number of aliphatic hydroxyl groups excluding tert-OH is 2. The quantitative estimate of drug-likeness (QED) is 0.0873. The maximum atomic E-state index is 13.5. The fourth-order valence-corrected chi connectivity index (χ4v) is 4.87. The molecule has 14 heteroatoms. The number of carbonyl (C=O) groups is 6. The molecule has 0 fully saturated rings. The van der Waals surface area contributed by atoms with Crippen LogP contribution in [0.3, 0.4) is 0 Å². The minimum absolute atomic E-state index is 0.0153. The Kier molecular flexibility index (Phi) is 19.4. The molecule has 0 aromatic carbocycles. The maximum Gasteiger partial charge on any atom is 0.306 e. The number of nitrogens with one attached hydrogen (secondary N) is 5. The molecule has 0 aromatic heterocycles. The van der Waals surface area contributed by atoms with Crippen LogP contribution in [0.5, 0.6) is 0 Å². The largest absolute Gasteiger partial charge is 0.481 e. The SMILES string of the molecule is CC(C)C[C@@H](NC(=O)[C@@H](C)NC(=O)C[C@H](O)[C@@H](CC(C)C)NC(=O)[C@H](NC(=O)[C@@H](NC(=O)C(C)C)C(C)C)C(C)C)[C@H](O)CC(=O)O. The molecule has 272 valence electrons. The highest BCUT2D eigenvalue weighted by Crippen LogP contribution is 2.15. The van der Waals surface area contributed by atoms with Crippen molar-refractivity contribution < 1.29 is 44.1 Å². The summed E-state index contributed by atoms with van der Waals surface area (Å²) in [6, 6.07) is -4.62. The van der Waals surface area contributed by atoms with Crippen LogP contribution in [-0.2, 0) is 28.8 Å². The van der Waals surface area contributed by atoms with E-state index in [-0.39, 0.29) is 35.5 Å².